The van der Waals surface area contributed by atoms with Gasteiger partial charge in [-0.1, -0.05) is 0 Å². The second-order valence-corrected chi connectivity index (χ2v) is 6.54. The van der Waals surface area contributed by atoms with Crippen LogP contribution in [0.4, 0.5) is 8.78 Å². The summed E-state index contributed by atoms with van der Waals surface area (Å²) in [5, 5.41) is 17.5. The summed E-state index contributed by atoms with van der Waals surface area (Å²) in [4.78, 5) is 0. The molecule has 1 aliphatic carbocycles. The van der Waals surface area contributed by atoms with Crippen molar-refractivity contribution in [1.82, 2.24) is 15.1 Å². The van der Waals surface area contributed by atoms with Gasteiger partial charge in [-0.25, -0.2) is 13.5 Å². The third-order valence-corrected chi connectivity index (χ3v) is 4.84. The van der Waals surface area contributed by atoms with E-state index < -0.39 is 11.6 Å². The number of aromatic nitrogens is 2. The molecule has 0 spiro atoms. The van der Waals surface area contributed by atoms with Gasteiger partial charge in [0.05, 0.1) is 11.8 Å². The van der Waals surface area contributed by atoms with E-state index in [0.29, 0.717) is 12.6 Å². The van der Waals surface area contributed by atoms with E-state index in [1.165, 1.54) is 16.8 Å². The highest BCUT2D eigenvalue weighted by molar-refractivity contribution is 5.85. The molecule has 2 aromatic rings. The second kappa shape index (κ2) is 8.25. The zero-order chi connectivity index (χ0) is 17.3. The Kier molecular flexibility index (Phi) is 6.54. The average molecular weight is 372 g/mol. The molecular weight excluding hydrogens is 348 g/mol. The molecule has 0 atom stereocenters. The molecule has 0 amide bonds. The molecule has 138 valence electrons. The van der Waals surface area contributed by atoms with Crippen molar-refractivity contribution in [3.05, 3.63) is 46.8 Å². The van der Waals surface area contributed by atoms with Gasteiger partial charge in [0.25, 0.3) is 0 Å². The Morgan fingerprint density at radius 1 is 1.20 bits per heavy atom. The van der Waals surface area contributed by atoms with Crippen LogP contribution < -0.4 is 5.32 Å². The molecule has 0 saturated heterocycles. The second-order valence-electron chi connectivity index (χ2n) is 6.54. The first-order valence-electron chi connectivity index (χ1n) is 8.37. The molecule has 1 saturated carbocycles. The molecule has 1 aromatic carbocycles. The standard InChI is InChI=1S/C18H23F2N3O.ClH/c1-11-16(10-21-14-4-6-15(24)7-5-14)12(2)23(22-11)18-8-3-13(19)9-17(18)20;/h3,8-9,14-15,21,24H,4-7,10H2,1-2H3;1H. The number of nitrogens with zero attached hydrogens (tertiary/aromatic N) is 2. The number of nitrogens with one attached hydrogen (secondary N) is 1. The van der Waals surface area contributed by atoms with Crippen LogP contribution in [-0.4, -0.2) is 27.0 Å². The lowest BCUT2D eigenvalue weighted by molar-refractivity contribution is 0.116. The minimum atomic E-state index is -0.624. The summed E-state index contributed by atoms with van der Waals surface area (Å²) < 4.78 is 28.7. The van der Waals surface area contributed by atoms with E-state index in [9.17, 15) is 13.9 Å². The molecule has 4 nitrogen and oxygen atoms in total. The summed E-state index contributed by atoms with van der Waals surface area (Å²) in [5.41, 5.74) is 2.97. The topological polar surface area (TPSA) is 50.1 Å². The maximum atomic E-state index is 14.0. The monoisotopic (exact) mass is 371 g/mol. The van der Waals surface area contributed by atoms with Gasteiger partial charge in [0.1, 0.15) is 11.5 Å². The number of aliphatic hydroxyl groups is 1. The van der Waals surface area contributed by atoms with Crippen LogP contribution in [-0.2, 0) is 6.54 Å². The third-order valence-electron chi connectivity index (χ3n) is 4.84. The average Bonchev–Trinajstić information content (AvgIpc) is 2.82. The van der Waals surface area contributed by atoms with Crippen LogP contribution in [0.25, 0.3) is 5.69 Å². The van der Waals surface area contributed by atoms with Gasteiger partial charge < -0.3 is 10.4 Å². The fourth-order valence-electron chi connectivity index (χ4n) is 3.34. The van der Waals surface area contributed by atoms with Crippen molar-refractivity contribution in [3.63, 3.8) is 0 Å². The van der Waals surface area contributed by atoms with Crippen molar-refractivity contribution < 1.29 is 13.9 Å². The lowest BCUT2D eigenvalue weighted by Gasteiger charge is -2.26. The highest BCUT2D eigenvalue weighted by Crippen LogP contribution is 2.22. The summed E-state index contributed by atoms with van der Waals surface area (Å²) in [6, 6.07) is 3.90. The summed E-state index contributed by atoms with van der Waals surface area (Å²) in [6.07, 6.45) is 3.40. The Hall–Kier alpha value is -1.50. The number of rotatable bonds is 4. The van der Waals surface area contributed by atoms with Gasteiger partial charge in [-0.05, 0) is 51.7 Å². The van der Waals surface area contributed by atoms with Crippen molar-refractivity contribution in [1.29, 1.82) is 0 Å². The van der Waals surface area contributed by atoms with Gasteiger partial charge in [-0.15, -0.1) is 12.4 Å². The van der Waals surface area contributed by atoms with Crippen LogP contribution in [0.2, 0.25) is 0 Å². The molecule has 0 aliphatic heterocycles. The molecule has 7 heteroatoms. The quantitative estimate of drug-likeness (QED) is 0.863. The fraction of sp³-hybridized carbons (Fsp3) is 0.500. The van der Waals surface area contributed by atoms with Crippen molar-refractivity contribution >= 4 is 12.4 Å². The van der Waals surface area contributed by atoms with Gasteiger partial charge in [-0.2, -0.15) is 5.10 Å². The van der Waals surface area contributed by atoms with E-state index in [0.717, 1.165) is 48.7 Å². The van der Waals surface area contributed by atoms with Crippen molar-refractivity contribution in [3.8, 4) is 5.69 Å². The predicted molar refractivity (Wildman–Crippen MR) is 95.3 cm³/mol. The molecule has 2 N–H and O–H groups in total. The van der Waals surface area contributed by atoms with Crippen LogP contribution in [0.5, 0.6) is 0 Å². The summed E-state index contributed by atoms with van der Waals surface area (Å²) in [5.74, 6) is -1.22. The SMILES string of the molecule is Cc1nn(-c2ccc(F)cc2F)c(C)c1CNC1CCC(O)CC1.Cl. The Morgan fingerprint density at radius 2 is 1.88 bits per heavy atom. The molecule has 1 fully saturated rings. The lowest BCUT2D eigenvalue weighted by atomic mass is 9.93. The number of benzene rings is 1. The zero-order valence-corrected chi connectivity index (χ0v) is 15.2. The largest absolute Gasteiger partial charge is 0.393 e. The van der Waals surface area contributed by atoms with Gasteiger partial charge in [0.15, 0.2) is 5.82 Å². The molecule has 1 aliphatic rings. The highest BCUT2D eigenvalue weighted by atomic mass is 35.5. The van der Waals surface area contributed by atoms with Crippen LogP contribution in [0.3, 0.4) is 0 Å². The van der Waals surface area contributed by atoms with E-state index >= 15 is 0 Å². The van der Waals surface area contributed by atoms with Crippen LogP contribution >= 0.6 is 12.4 Å². The number of aliphatic hydroxyl groups excluding tert-OH is 1. The molecular formula is C18H24ClF2N3O. The van der Waals surface area contributed by atoms with Crippen LogP contribution in [0, 0.1) is 25.5 Å². The smallest absolute Gasteiger partial charge is 0.151 e. The normalized spacial score (nSPS) is 20.4. The van der Waals surface area contributed by atoms with Crippen LogP contribution in [0.1, 0.15) is 42.6 Å². The van der Waals surface area contributed by atoms with Gasteiger partial charge in [0, 0.05) is 29.9 Å². The third kappa shape index (κ3) is 4.37. The maximum Gasteiger partial charge on any atom is 0.151 e. The van der Waals surface area contributed by atoms with Crippen molar-refractivity contribution in [2.75, 3.05) is 0 Å². The summed E-state index contributed by atoms with van der Waals surface area (Å²) >= 11 is 0. The van der Waals surface area contributed by atoms with E-state index in [1.54, 1.807) is 0 Å². The fourth-order valence-corrected chi connectivity index (χ4v) is 3.34. The first-order chi connectivity index (χ1) is 11.5. The van der Waals surface area contributed by atoms with E-state index in [2.05, 4.69) is 10.4 Å². The Balaban J connectivity index is 0.00000225. The minimum absolute atomic E-state index is 0. The summed E-state index contributed by atoms with van der Waals surface area (Å²) in [6.45, 7) is 4.44. The summed E-state index contributed by atoms with van der Waals surface area (Å²) in [7, 11) is 0. The Morgan fingerprint density at radius 3 is 2.52 bits per heavy atom. The molecule has 0 bridgehead atoms. The molecule has 0 unspecified atom stereocenters. The predicted octanol–water partition coefficient (Wildman–Crippen LogP) is 3.58. The molecule has 0 radical (unpaired) electrons. The number of hydrogen-bond donors (Lipinski definition) is 2. The first-order valence-corrected chi connectivity index (χ1v) is 8.37. The van der Waals surface area contributed by atoms with Crippen LogP contribution in [0.15, 0.2) is 18.2 Å². The van der Waals surface area contributed by atoms with Crippen molar-refractivity contribution in [2.45, 2.75) is 58.2 Å². The number of halogens is 3. The Labute approximate surface area is 152 Å². The Bertz CT molecular complexity index is 727. The first kappa shape index (κ1) is 19.8. The molecule has 1 heterocycles. The van der Waals surface area contributed by atoms with E-state index in [-0.39, 0.29) is 24.2 Å². The molecule has 25 heavy (non-hydrogen) atoms. The van der Waals surface area contributed by atoms with Gasteiger partial charge in [0.2, 0.25) is 0 Å². The van der Waals surface area contributed by atoms with E-state index in [4.69, 9.17) is 0 Å². The lowest BCUT2D eigenvalue weighted by Crippen LogP contribution is -2.34. The maximum absolute atomic E-state index is 14.0. The van der Waals surface area contributed by atoms with Gasteiger partial charge >= 0.3 is 0 Å². The van der Waals surface area contributed by atoms with E-state index in [1.807, 2.05) is 13.8 Å². The number of aryl methyl sites for hydroxylation is 1. The molecule has 3 rings (SSSR count). The highest BCUT2D eigenvalue weighted by Gasteiger charge is 2.21. The van der Waals surface area contributed by atoms with Crippen molar-refractivity contribution in [2.24, 2.45) is 0 Å². The molecule has 1 aromatic heterocycles. The zero-order valence-electron chi connectivity index (χ0n) is 14.4. The van der Waals surface area contributed by atoms with Gasteiger partial charge in [-0.3, -0.25) is 0 Å². The number of hydrogen-bond acceptors (Lipinski definition) is 3. The minimum Gasteiger partial charge on any atom is -0.393 e.